The molecule has 7 aliphatic rings. The van der Waals surface area contributed by atoms with Crippen LogP contribution >= 0.6 is 0 Å². The van der Waals surface area contributed by atoms with Crippen molar-refractivity contribution in [2.45, 2.75) is 212 Å². The first-order valence-corrected chi connectivity index (χ1v) is 36.7. The van der Waals surface area contributed by atoms with Gasteiger partial charge in [0.05, 0.1) is 53.9 Å². The van der Waals surface area contributed by atoms with E-state index in [0.717, 1.165) is 12.5 Å². The number of fused-ring (bicyclic) bond motifs is 8. The highest BCUT2D eigenvalue weighted by Crippen LogP contribution is 2.66. The molecule has 1 saturated heterocycles. The van der Waals surface area contributed by atoms with Crippen molar-refractivity contribution in [2.24, 2.45) is 39.4 Å². The molecule has 1 aliphatic heterocycles. The summed E-state index contributed by atoms with van der Waals surface area (Å²) >= 11 is 0. The minimum absolute atomic E-state index is 0.000876. The zero-order chi connectivity index (χ0) is 79.2. The van der Waals surface area contributed by atoms with E-state index in [1.165, 1.54) is 78.8 Å². The monoisotopic (exact) mass is 1500 g/mol. The largest absolute Gasteiger partial charge is 0.462 e. The molecule has 25 heteroatoms. The first kappa shape index (κ1) is 80.1. The summed E-state index contributed by atoms with van der Waals surface area (Å²) in [5.41, 5.74) is -9.10. The molecule has 0 spiro atoms. The Kier molecular flexibility index (Phi) is 22.9. The summed E-state index contributed by atoms with van der Waals surface area (Å²) in [6, 6.07) is 31.3. The van der Waals surface area contributed by atoms with E-state index < -0.39 is 215 Å². The predicted octanol–water partition coefficient (Wildman–Crippen LogP) is 9.18. The van der Waals surface area contributed by atoms with E-state index in [-0.39, 0.29) is 53.5 Å². The van der Waals surface area contributed by atoms with Crippen LogP contribution in [0.15, 0.2) is 162 Å². The lowest BCUT2D eigenvalue weighted by atomic mass is 9.44. The van der Waals surface area contributed by atoms with Crippen LogP contribution in [0.25, 0.3) is 6.08 Å². The molecule has 109 heavy (non-hydrogen) atoms. The van der Waals surface area contributed by atoms with E-state index in [0.29, 0.717) is 16.7 Å². The number of carbonyl (C=O) groups excluding carboxylic acids is 11. The van der Waals surface area contributed by atoms with Gasteiger partial charge in [-0.15, -0.1) is 0 Å². The number of ketones is 1. The number of ether oxygens (including phenoxy) is 10. The molecule has 1 amide bonds. The Balaban J connectivity index is 0.951. The number of carbonyl (C=O) groups is 11. The summed E-state index contributed by atoms with van der Waals surface area (Å²) in [5.74, 6) is -13.3. The number of esters is 9. The number of aliphatic hydroxyl groups is 3. The lowest BCUT2D eigenvalue weighted by molar-refractivity contribution is -0.346. The topological polar surface area (TPSA) is 353 Å². The highest BCUT2D eigenvalue weighted by atomic mass is 16.6. The van der Waals surface area contributed by atoms with Crippen LogP contribution in [-0.2, 0) is 90.5 Å². The molecule has 1 heterocycles. The predicted molar refractivity (Wildman–Crippen MR) is 388 cm³/mol. The zero-order valence-corrected chi connectivity index (χ0v) is 63.1. The van der Waals surface area contributed by atoms with Crippen LogP contribution < -0.4 is 5.32 Å². The maximum atomic E-state index is 16.6. The molecule has 4 bridgehead atoms. The lowest BCUT2D eigenvalue weighted by Crippen LogP contribution is -2.82. The fraction of sp³-hybridized carbons (Fsp3) is 0.488. The average Bonchev–Trinajstić information content (AvgIpc) is 0.669. The van der Waals surface area contributed by atoms with Crippen LogP contribution in [0.4, 0.5) is 0 Å². The molecule has 4 aromatic carbocycles. The van der Waals surface area contributed by atoms with Crippen LogP contribution in [0.3, 0.4) is 0 Å². The van der Waals surface area contributed by atoms with Crippen molar-refractivity contribution in [3.05, 3.63) is 184 Å². The first-order valence-electron chi connectivity index (χ1n) is 36.7. The highest BCUT2D eigenvalue weighted by Gasteiger charge is 2.79. The number of nitrogens with one attached hydrogen (secondary N) is 1. The Morgan fingerprint density at radius 2 is 1.19 bits per heavy atom. The molecule has 580 valence electrons. The van der Waals surface area contributed by atoms with E-state index in [1.807, 2.05) is 19.9 Å². The fourth-order valence-electron chi connectivity index (χ4n) is 18.4. The molecule has 19 atom stereocenters. The van der Waals surface area contributed by atoms with Gasteiger partial charge in [-0.25, -0.2) is 14.4 Å². The van der Waals surface area contributed by atoms with Gasteiger partial charge in [0.1, 0.15) is 42.2 Å². The summed E-state index contributed by atoms with van der Waals surface area (Å²) in [6.45, 7) is 21.7. The Bertz CT molecular complexity index is 4340. The number of Topliss-reactive ketones (excluding diaryl/α,β-unsaturated/α-hetero) is 1. The SMILES string of the molecule is C=C1[C@@H](OC(=O)/C=C/c2ccccc2)C[C@H](OC(C)=O)[C@]2(C)[C@@H]1C[C@@H]1C[C@H](OC(=O)CCC(=O)O[C@H]3C(=O)[C@@]4(C)[C@H]([C@H](OC(=O)c5ccccc5)[C@]5(O)C[C@H](OC(=O)[C@H](O)[C@@H](NC(=O)c6ccccc6)c6ccccc6)C(C)=C3C5(C)C)[C@]3(OC(C)=O)CO[C@@H]3C[C@@H]4O)C(C)=C([C@@H](OC(C)=O)[C@@H]2OC(C)=O)C1(C)C. The Labute approximate surface area is 632 Å². The lowest BCUT2D eigenvalue weighted by Gasteiger charge is -2.67. The minimum Gasteiger partial charge on any atom is -0.462 e. The van der Waals surface area contributed by atoms with E-state index in [1.54, 1.807) is 111 Å². The first-order chi connectivity index (χ1) is 51.4. The number of hydrogen-bond acceptors (Lipinski definition) is 24. The van der Waals surface area contributed by atoms with Crippen molar-refractivity contribution in [2.75, 3.05) is 6.61 Å². The minimum atomic E-state index is -2.63. The second-order valence-electron chi connectivity index (χ2n) is 31.3. The second kappa shape index (κ2) is 31.2. The van der Waals surface area contributed by atoms with Gasteiger partial charge in [-0.2, -0.15) is 0 Å². The van der Waals surface area contributed by atoms with E-state index in [2.05, 4.69) is 11.9 Å². The van der Waals surface area contributed by atoms with Gasteiger partial charge in [0.2, 0.25) is 0 Å². The number of aliphatic hydroxyl groups excluding tert-OH is 2. The molecule has 4 aromatic rings. The van der Waals surface area contributed by atoms with Crippen molar-refractivity contribution in [1.29, 1.82) is 0 Å². The van der Waals surface area contributed by atoms with Gasteiger partial charge < -0.3 is 68.0 Å². The Morgan fingerprint density at radius 1 is 0.624 bits per heavy atom. The molecule has 4 saturated carbocycles. The maximum absolute atomic E-state index is 16.6. The normalized spacial score (nSPS) is 31.9. The van der Waals surface area contributed by atoms with Gasteiger partial charge in [0.25, 0.3) is 5.91 Å². The molecule has 0 unspecified atom stereocenters. The Hall–Kier alpha value is -9.95. The van der Waals surface area contributed by atoms with Gasteiger partial charge >= 0.3 is 53.7 Å². The molecule has 11 rings (SSSR count). The molecule has 0 aromatic heterocycles. The van der Waals surface area contributed by atoms with E-state index in [4.69, 9.17) is 47.4 Å². The van der Waals surface area contributed by atoms with Gasteiger partial charge in [-0.3, -0.25) is 38.4 Å². The summed E-state index contributed by atoms with van der Waals surface area (Å²) in [5, 5.41) is 42.0. The van der Waals surface area contributed by atoms with Crippen LogP contribution in [0, 0.1) is 39.4 Å². The molecular weight excluding hydrogens is 1410 g/mol. The second-order valence-corrected chi connectivity index (χ2v) is 31.3. The summed E-state index contributed by atoms with van der Waals surface area (Å²) in [7, 11) is 0. The number of benzene rings is 4. The third-order valence-corrected chi connectivity index (χ3v) is 24.2. The highest BCUT2D eigenvalue weighted by molar-refractivity contribution is 5.97. The van der Waals surface area contributed by atoms with E-state index in [9.17, 15) is 58.5 Å². The van der Waals surface area contributed by atoms with Crippen molar-refractivity contribution < 1.29 is 115 Å². The van der Waals surface area contributed by atoms with Crippen LogP contribution in [0.5, 0.6) is 0 Å². The molecule has 6 aliphatic carbocycles. The van der Waals surface area contributed by atoms with Crippen LogP contribution in [-0.4, -0.2) is 166 Å². The van der Waals surface area contributed by atoms with Crippen molar-refractivity contribution in [3.8, 4) is 0 Å². The molecule has 4 N–H and O–H groups in total. The van der Waals surface area contributed by atoms with Crippen molar-refractivity contribution in [1.82, 2.24) is 5.32 Å². The van der Waals surface area contributed by atoms with Gasteiger partial charge in [-0.1, -0.05) is 138 Å². The molecular formula is C84H95NO24. The summed E-state index contributed by atoms with van der Waals surface area (Å²) in [6.07, 6.45) is -16.9. The summed E-state index contributed by atoms with van der Waals surface area (Å²) < 4.78 is 62.8. The summed E-state index contributed by atoms with van der Waals surface area (Å²) in [4.78, 5) is 158. The maximum Gasteiger partial charge on any atom is 0.338 e. The third-order valence-electron chi connectivity index (χ3n) is 24.2. The van der Waals surface area contributed by atoms with Crippen LogP contribution in [0.2, 0.25) is 0 Å². The number of rotatable bonds is 20. The zero-order valence-electron chi connectivity index (χ0n) is 63.1. The number of hydrogen-bond donors (Lipinski definition) is 4. The smallest absolute Gasteiger partial charge is 0.338 e. The quantitative estimate of drug-likeness (QED) is 0.0277. The average molecular weight is 1500 g/mol. The van der Waals surface area contributed by atoms with Crippen LogP contribution in [0.1, 0.15) is 166 Å². The van der Waals surface area contributed by atoms with Gasteiger partial charge in [0.15, 0.2) is 35.8 Å². The fourth-order valence-corrected chi connectivity index (χ4v) is 18.4. The van der Waals surface area contributed by atoms with Crippen molar-refractivity contribution in [3.63, 3.8) is 0 Å². The Morgan fingerprint density at radius 3 is 1.77 bits per heavy atom. The molecule has 5 fully saturated rings. The van der Waals surface area contributed by atoms with Gasteiger partial charge in [0, 0.05) is 64.0 Å². The molecule has 0 radical (unpaired) electrons. The molecule has 25 nitrogen and oxygen atoms in total. The standard InChI is InChI=1S/C84H95NO24/c1-44-56-38-55-39-57(45(2)66(79(55,8)9)71(102-48(5)87)74(103-49(6)88)81(56,12)61(101-47(4)86)40-58(44)105-63(91)35-34-51-26-18-14-19-27-51)104-64(92)36-37-65(93)107-70-67-46(3)59(106-78(98)69(94)68(52-28-20-15-21-29-52)85-76(96)53-30-22-16-23-31-53)42-84(99,80(67,10)11)75(108-77(97)54-32-24-17-25-33-54)72-82(13,73(70)95)60(90)41-62-83(72,43-100-62)109-50(7)89/h14-35,55-62,68-72,74-75,90,94,99H,1,36-43H2,2-13H3,(H,85,96)/b35-34+/t55-,56-,57+,58+,59+,60+,61+,62-,68+,69-,70-,71-,72+,74+,75+,81+,82-,83+,84-/m1/s1. The van der Waals surface area contributed by atoms with Crippen molar-refractivity contribution >= 4 is 71.5 Å². The van der Waals surface area contributed by atoms with Gasteiger partial charge in [-0.05, 0) is 120 Å². The van der Waals surface area contributed by atoms with E-state index >= 15 is 9.59 Å². The number of amides is 1. The third kappa shape index (κ3) is 15.1.